The number of benzene rings is 4. The van der Waals surface area contributed by atoms with Crippen LogP contribution in [0.4, 0.5) is 0 Å². The zero-order valence-electron chi connectivity index (χ0n) is 25.8. The van der Waals surface area contributed by atoms with Gasteiger partial charge in [-0.2, -0.15) is 0 Å². The van der Waals surface area contributed by atoms with Gasteiger partial charge in [-0.05, 0) is 0 Å². The SMILES string of the molecule is CC1=Cc2c(-c3ccc(C)cc3)cccc2[CH]1[Zr]([Cl])([Cl])([CH]1C=Cc2c(-c3ccc(C(C)(C)C)cc3)cccc21)[SiH](C)C. The van der Waals surface area contributed by atoms with Crippen LogP contribution >= 0.6 is 17.0 Å². The third kappa shape index (κ3) is 4.73. The van der Waals surface area contributed by atoms with Crippen LogP contribution in [0, 0.1) is 6.92 Å². The Morgan fingerprint density at radius 1 is 0.690 bits per heavy atom. The van der Waals surface area contributed by atoms with Crippen molar-refractivity contribution < 1.29 is 15.6 Å². The van der Waals surface area contributed by atoms with Gasteiger partial charge in [0.1, 0.15) is 0 Å². The van der Waals surface area contributed by atoms with E-state index >= 15 is 0 Å². The van der Waals surface area contributed by atoms with E-state index in [4.69, 9.17) is 17.0 Å². The summed E-state index contributed by atoms with van der Waals surface area (Å²) >= 11 is -4.62. The first-order valence-electron chi connectivity index (χ1n) is 15.2. The van der Waals surface area contributed by atoms with E-state index in [1.54, 1.807) is 0 Å². The minimum absolute atomic E-state index is 0.0903. The van der Waals surface area contributed by atoms with Gasteiger partial charge in [0.2, 0.25) is 0 Å². The summed E-state index contributed by atoms with van der Waals surface area (Å²) in [5, 5.41) is 0. The van der Waals surface area contributed by atoms with Gasteiger partial charge in [0, 0.05) is 0 Å². The van der Waals surface area contributed by atoms with Crippen molar-refractivity contribution in [1.29, 1.82) is 0 Å². The molecule has 0 heterocycles. The van der Waals surface area contributed by atoms with E-state index in [1.807, 2.05) is 0 Å². The van der Waals surface area contributed by atoms with E-state index in [9.17, 15) is 0 Å². The number of hydrogen-bond donors (Lipinski definition) is 0. The third-order valence-electron chi connectivity index (χ3n) is 9.88. The molecule has 0 aliphatic heterocycles. The average Bonchev–Trinajstić information content (AvgIpc) is 3.55. The molecule has 0 aromatic heterocycles. The van der Waals surface area contributed by atoms with Crippen molar-refractivity contribution >= 4 is 35.1 Å². The number of rotatable bonds is 5. The van der Waals surface area contributed by atoms with Crippen molar-refractivity contribution in [3.8, 4) is 22.3 Å². The first kappa shape index (κ1) is 30.1. The predicted molar refractivity (Wildman–Crippen MR) is 186 cm³/mol. The molecule has 0 nitrogen and oxygen atoms in total. The molecule has 2 aliphatic carbocycles. The Bertz CT molecular complexity index is 1740. The zero-order valence-corrected chi connectivity index (χ0v) is 30.9. The van der Waals surface area contributed by atoms with Crippen LogP contribution in [0.3, 0.4) is 0 Å². The molecule has 0 saturated heterocycles. The molecular formula is C38H41Cl2SiZr. The first-order chi connectivity index (χ1) is 19.8. The molecule has 4 heteroatoms. The topological polar surface area (TPSA) is 0 Å². The van der Waals surface area contributed by atoms with Crippen LogP contribution in [-0.4, -0.2) is 5.92 Å². The fourth-order valence-electron chi connectivity index (χ4n) is 7.36. The monoisotopic (exact) mass is 685 g/mol. The fourth-order valence-corrected chi connectivity index (χ4v) is 37.5. The Balaban J connectivity index is 1.47. The summed E-state index contributed by atoms with van der Waals surface area (Å²) < 4.78 is 0.199. The molecule has 215 valence electrons. The molecular weight excluding hydrogens is 647 g/mol. The molecule has 2 atom stereocenters. The Kier molecular flexibility index (Phi) is 7.58. The number of halogens is 2. The van der Waals surface area contributed by atoms with Gasteiger partial charge in [0.05, 0.1) is 0 Å². The van der Waals surface area contributed by atoms with Gasteiger partial charge >= 0.3 is 263 Å². The summed E-state index contributed by atoms with van der Waals surface area (Å²) in [4.78, 5) is 0. The standard InChI is InChI=1S/C19H19.C17H15.C2H7Si.2ClH.Zr/c1-19(2,3)16-12-10-15(11-13-16)18-9-5-7-14-6-4-8-17(14)18;1-12-6-8-14(9-7-12)16-5-3-4-15-10-13(2)11-17(15)16;1-3-2;;;/h4-13H,1-3H3;3-11H,1-2H3;3H,1-2H3;2*1H;/q;;;;;+2/p-2. The zero-order chi connectivity index (χ0) is 30.1. The van der Waals surface area contributed by atoms with E-state index in [0.717, 1.165) is 0 Å². The molecule has 2 unspecified atom stereocenters. The molecule has 0 bridgehead atoms. The van der Waals surface area contributed by atoms with Gasteiger partial charge < -0.3 is 0 Å². The molecule has 0 N–H and O–H groups in total. The van der Waals surface area contributed by atoms with Gasteiger partial charge in [-0.25, -0.2) is 0 Å². The quantitative estimate of drug-likeness (QED) is 0.183. The van der Waals surface area contributed by atoms with Gasteiger partial charge in [-0.3, -0.25) is 0 Å². The van der Waals surface area contributed by atoms with Crippen molar-refractivity contribution in [3.05, 3.63) is 130 Å². The summed E-state index contributed by atoms with van der Waals surface area (Å²) in [5.41, 5.74) is 14.4. The van der Waals surface area contributed by atoms with Crippen LogP contribution in [0.15, 0.2) is 96.6 Å². The average molecular weight is 688 g/mol. The van der Waals surface area contributed by atoms with Gasteiger partial charge in [-0.1, -0.05) is 0 Å². The molecule has 4 aromatic rings. The van der Waals surface area contributed by atoms with Crippen molar-refractivity contribution in [2.24, 2.45) is 0 Å². The van der Waals surface area contributed by atoms with E-state index < -0.39 is 21.5 Å². The van der Waals surface area contributed by atoms with Crippen molar-refractivity contribution in [2.45, 2.75) is 60.4 Å². The normalized spacial score (nSPS) is 18.9. The number of allylic oxidation sites excluding steroid dienone is 2. The summed E-state index contributed by atoms with van der Waals surface area (Å²) in [5.74, 6) is -1.54. The Morgan fingerprint density at radius 2 is 1.24 bits per heavy atom. The van der Waals surface area contributed by atoms with Crippen molar-refractivity contribution in [2.75, 3.05) is 0 Å². The molecule has 6 rings (SSSR count). The van der Waals surface area contributed by atoms with Crippen LogP contribution in [-0.2, 0) is 21.0 Å². The van der Waals surface area contributed by atoms with Crippen molar-refractivity contribution in [1.82, 2.24) is 0 Å². The predicted octanol–water partition coefficient (Wildman–Crippen LogP) is 11.8. The Hall–Kier alpha value is -1.96. The van der Waals surface area contributed by atoms with Crippen molar-refractivity contribution in [3.63, 3.8) is 0 Å². The third-order valence-corrected chi connectivity index (χ3v) is 62.1. The molecule has 42 heavy (non-hydrogen) atoms. The number of fused-ring (bicyclic) bond motifs is 2. The second-order valence-electron chi connectivity index (χ2n) is 13.8. The molecule has 0 amide bonds. The molecule has 4 aromatic carbocycles. The van der Waals surface area contributed by atoms with Crippen LogP contribution in [0.2, 0.25) is 13.1 Å². The maximum atomic E-state index is 8.33. The second-order valence-corrected chi connectivity index (χ2v) is 56.5. The molecule has 0 radical (unpaired) electrons. The summed E-state index contributed by atoms with van der Waals surface area (Å²) in [6.07, 6.45) is 7.08. The molecule has 0 saturated carbocycles. The van der Waals surface area contributed by atoms with Crippen LogP contribution in [0.25, 0.3) is 34.4 Å². The summed E-state index contributed by atoms with van der Waals surface area (Å²) in [7, 11) is 16.7. The second kappa shape index (κ2) is 10.6. The maximum absolute atomic E-state index is 8.33. The summed E-state index contributed by atoms with van der Waals surface area (Å²) in [6, 6.07) is 31.4. The van der Waals surface area contributed by atoms with E-state index in [0.29, 0.717) is 0 Å². The summed E-state index contributed by atoms with van der Waals surface area (Å²) in [6.45, 7) is 16.0. The fraction of sp³-hybridized carbons (Fsp3) is 0.263. The molecule has 0 spiro atoms. The number of hydrogen-bond acceptors (Lipinski definition) is 0. The Labute approximate surface area is 261 Å². The minimum atomic E-state index is -4.62. The van der Waals surface area contributed by atoms with Crippen LogP contribution in [0.1, 0.15) is 68.3 Å². The van der Waals surface area contributed by atoms with Crippen LogP contribution < -0.4 is 0 Å². The molecule has 2 aliphatic rings. The van der Waals surface area contributed by atoms with Gasteiger partial charge in [0.25, 0.3) is 0 Å². The van der Waals surface area contributed by atoms with E-state index in [2.05, 4.69) is 151 Å². The Morgan fingerprint density at radius 3 is 1.81 bits per heavy atom. The molecule has 0 fully saturated rings. The number of aryl methyl sites for hydroxylation is 1. The van der Waals surface area contributed by atoms with Gasteiger partial charge in [0.15, 0.2) is 0 Å². The van der Waals surface area contributed by atoms with E-state index in [-0.39, 0.29) is 12.7 Å². The van der Waals surface area contributed by atoms with E-state index in [1.165, 1.54) is 61.2 Å². The van der Waals surface area contributed by atoms with Crippen LogP contribution in [0.5, 0.6) is 0 Å². The first-order valence-corrected chi connectivity index (χ1v) is 31.5. The van der Waals surface area contributed by atoms with Gasteiger partial charge in [-0.15, -0.1) is 0 Å².